The van der Waals surface area contributed by atoms with Crippen molar-refractivity contribution < 1.29 is 14.6 Å². The molecule has 1 heterocycles. The minimum absolute atomic E-state index is 0. The quantitative estimate of drug-likeness (QED) is 0.845. The highest BCUT2D eigenvalue weighted by molar-refractivity contribution is 7.99. The second-order valence-electron chi connectivity index (χ2n) is 4.10. The zero-order chi connectivity index (χ0) is 12.8. The molecular weight excluding hydrogens is 286 g/mol. The number of rotatable bonds is 5. The van der Waals surface area contributed by atoms with E-state index >= 15 is 0 Å². The standard InChI is InChI=1S/C13H17NO3S.ClH/c15-13(16)11-3-1-2-4-12(11)18-10-7-14-5-8-17-9-6-14;/h1-4H,5-10H2,(H,15,16);1H. The number of hydrogen-bond donors (Lipinski definition) is 1. The van der Waals surface area contributed by atoms with Gasteiger partial charge in [-0.3, -0.25) is 4.90 Å². The Morgan fingerprint density at radius 1 is 1.32 bits per heavy atom. The second kappa shape index (κ2) is 8.43. The van der Waals surface area contributed by atoms with Crippen molar-refractivity contribution in [1.82, 2.24) is 4.90 Å². The van der Waals surface area contributed by atoms with Crippen LogP contribution in [0.2, 0.25) is 0 Å². The average Bonchev–Trinajstić information content (AvgIpc) is 2.40. The summed E-state index contributed by atoms with van der Waals surface area (Å²) in [6.45, 7) is 4.52. The van der Waals surface area contributed by atoms with Gasteiger partial charge in [0.25, 0.3) is 0 Å². The van der Waals surface area contributed by atoms with Crippen LogP contribution >= 0.6 is 24.2 Å². The van der Waals surface area contributed by atoms with Crippen molar-refractivity contribution in [2.24, 2.45) is 0 Å². The molecule has 0 saturated carbocycles. The number of carbonyl (C=O) groups is 1. The van der Waals surface area contributed by atoms with Gasteiger partial charge in [0, 0.05) is 30.3 Å². The van der Waals surface area contributed by atoms with Crippen LogP contribution in [-0.4, -0.2) is 54.6 Å². The van der Waals surface area contributed by atoms with Crippen LogP contribution in [0.4, 0.5) is 0 Å². The highest BCUT2D eigenvalue weighted by Crippen LogP contribution is 2.22. The minimum Gasteiger partial charge on any atom is -0.478 e. The summed E-state index contributed by atoms with van der Waals surface area (Å²) in [6.07, 6.45) is 0. The van der Waals surface area contributed by atoms with Gasteiger partial charge in [0.15, 0.2) is 0 Å². The number of nitrogens with zero attached hydrogens (tertiary/aromatic N) is 1. The molecular formula is C13H18ClNO3S. The largest absolute Gasteiger partial charge is 0.478 e. The monoisotopic (exact) mass is 303 g/mol. The van der Waals surface area contributed by atoms with Crippen LogP contribution in [0.5, 0.6) is 0 Å². The molecule has 106 valence electrons. The van der Waals surface area contributed by atoms with E-state index in [1.165, 1.54) is 0 Å². The van der Waals surface area contributed by atoms with E-state index in [0.717, 1.165) is 43.5 Å². The molecule has 6 heteroatoms. The van der Waals surface area contributed by atoms with E-state index in [9.17, 15) is 4.79 Å². The fraction of sp³-hybridized carbons (Fsp3) is 0.462. The first-order valence-corrected chi connectivity index (χ1v) is 7.01. The van der Waals surface area contributed by atoms with Gasteiger partial charge in [0.05, 0.1) is 18.8 Å². The van der Waals surface area contributed by atoms with Gasteiger partial charge in [-0.25, -0.2) is 4.79 Å². The lowest BCUT2D eigenvalue weighted by Crippen LogP contribution is -2.37. The maximum absolute atomic E-state index is 11.0. The predicted octanol–water partition coefficient (Wildman–Crippen LogP) is 2.23. The van der Waals surface area contributed by atoms with Gasteiger partial charge in [-0.2, -0.15) is 0 Å². The van der Waals surface area contributed by atoms with E-state index in [-0.39, 0.29) is 12.4 Å². The number of aromatic carboxylic acids is 1. The number of thioether (sulfide) groups is 1. The number of halogens is 1. The summed E-state index contributed by atoms with van der Waals surface area (Å²) < 4.78 is 5.29. The molecule has 0 spiro atoms. The molecule has 0 unspecified atom stereocenters. The van der Waals surface area contributed by atoms with Crippen LogP contribution in [0.25, 0.3) is 0 Å². The van der Waals surface area contributed by atoms with Crippen LogP contribution in [0, 0.1) is 0 Å². The second-order valence-corrected chi connectivity index (χ2v) is 5.24. The maximum Gasteiger partial charge on any atom is 0.336 e. The zero-order valence-electron chi connectivity index (χ0n) is 10.6. The number of carboxylic acid groups (broad SMARTS) is 1. The van der Waals surface area contributed by atoms with Crippen LogP contribution in [0.15, 0.2) is 29.2 Å². The van der Waals surface area contributed by atoms with Crippen LogP contribution in [0.1, 0.15) is 10.4 Å². The lowest BCUT2D eigenvalue weighted by atomic mass is 10.2. The van der Waals surface area contributed by atoms with Gasteiger partial charge in [-0.15, -0.1) is 24.2 Å². The number of benzene rings is 1. The Labute approximate surface area is 123 Å². The fourth-order valence-corrected chi connectivity index (χ4v) is 2.93. The first-order valence-electron chi connectivity index (χ1n) is 6.02. The van der Waals surface area contributed by atoms with Crippen molar-refractivity contribution in [3.8, 4) is 0 Å². The third-order valence-corrected chi connectivity index (χ3v) is 3.94. The van der Waals surface area contributed by atoms with Gasteiger partial charge in [-0.1, -0.05) is 12.1 Å². The molecule has 1 saturated heterocycles. The Morgan fingerprint density at radius 3 is 2.68 bits per heavy atom. The highest BCUT2D eigenvalue weighted by atomic mass is 35.5. The van der Waals surface area contributed by atoms with E-state index in [2.05, 4.69) is 4.90 Å². The molecule has 1 aliphatic heterocycles. The Balaban J connectivity index is 0.00000180. The minimum atomic E-state index is -0.857. The summed E-state index contributed by atoms with van der Waals surface area (Å²) in [7, 11) is 0. The molecule has 0 aliphatic carbocycles. The molecule has 1 aromatic rings. The number of ether oxygens (including phenoxy) is 1. The Bertz CT molecular complexity index is 411. The van der Waals surface area contributed by atoms with E-state index in [1.54, 1.807) is 23.9 Å². The molecule has 1 N–H and O–H groups in total. The molecule has 1 aromatic carbocycles. The van der Waals surface area contributed by atoms with Crippen LogP contribution < -0.4 is 0 Å². The van der Waals surface area contributed by atoms with Gasteiger partial charge in [-0.05, 0) is 12.1 Å². The van der Waals surface area contributed by atoms with E-state index < -0.39 is 5.97 Å². The molecule has 1 fully saturated rings. The molecule has 0 atom stereocenters. The number of hydrogen-bond acceptors (Lipinski definition) is 4. The van der Waals surface area contributed by atoms with Crippen molar-refractivity contribution in [3.63, 3.8) is 0 Å². The SMILES string of the molecule is Cl.O=C(O)c1ccccc1SCCN1CCOCC1. The number of morpholine rings is 1. The Hall–Kier alpha value is -0.750. The lowest BCUT2D eigenvalue weighted by molar-refractivity contribution is 0.0410. The third-order valence-electron chi connectivity index (χ3n) is 2.89. The van der Waals surface area contributed by atoms with Crippen LogP contribution in [-0.2, 0) is 4.74 Å². The summed E-state index contributed by atoms with van der Waals surface area (Å²) >= 11 is 1.61. The summed E-state index contributed by atoms with van der Waals surface area (Å²) in [4.78, 5) is 14.2. The van der Waals surface area contributed by atoms with Crippen LogP contribution in [0.3, 0.4) is 0 Å². The molecule has 1 aliphatic rings. The van der Waals surface area contributed by atoms with E-state index in [1.807, 2.05) is 12.1 Å². The molecule has 4 nitrogen and oxygen atoms in total. The predicted molar refractivity (Wildman–Crippen MR) is 78.6 cm³/mol. The van der Waals surface area contributed by atoms with E-state index in [4.69, 9.17) is 9.84 Å². The van der Waals surface area contributed by atoms with Crippen molar-refractivity contribution in [3.05, 3.63) is 29.8 Å². The number of carboxylic acids is 1. The molecule has 2 rings (SSSR count). The summed E-state index contributed by atoms with van der Waals surface area (Å²) in [5.74, 6) is 0.0501. The lowest BCUT2D eigenvalue weighted by Gasteiger charge is -2.26. The average molecular weight is 304 g/mol. The topological polar surface area (TPSA) is 49.8 Å². The highest BCUT2D eigenvalue weighted by Gasteiger charge is 2.12. The van der Waals surface area contributed by atoms with Gasteiger partial charge in [0.1, 0.15) is 0 Å². The summed E-state index contributed by atoms with van der Waals surface area (Å²) in [5.41, 5.74) is 0.393. The van der Waals surface area contributed by atoms with Gasteiger partial charge >= 0.3 is 5.97 Å². The van der Waals surface area contributed by atoms with Crippen molar-refractivity contribution >= 4 is 30.1 Å². The third kappa shape index (κ3) is 5.03. The first-order chi connectivity index (χ1) is 8.77. The van der Waals surface area contributed by atoms with Crippen molar-refractivity contribution in [2.75, 3.05) is 38.6 Å². The normalized spacial score (nSPS) is 15.8. The zero-order valence-corrected chi connectivity index (χ0v) is 12.2. The molecule has 0 aromatic heterocycles. The first kappa shape index (κ1) is 16.3. The Morgan fingerprint density at radius 2 is 2.00 bits per heavy atom. The molecule has 0 radical (unpaired) electrons. The van der Waals surface area contributed by atoms with Gasteiger partial charge in [0.2, 0.25) is 0 Å². The summed E-state index contributed by atoms with van der Waals surface area (Å²) in [5, 5.41) is 9.07. The maximum atomic E-state index is 11.0. The summed E-state index contributed by atoms with van der Waals surface area (Å²) in [6, 6.07) is 7.16. The van der Waals surface area contributed by atoms with Gasteiger partial charge < -0.3 is 9.84 Å². The molecule has 0 bridgehead atoms. The fourth-order valence-electron chi connectivity index (χ4n) is 1.88. The van der Waals surface area contributed by atoms with Crippen molar-refractivity contribution in [1.29, 1.82) is 0 Å². The smallest absolute Gasteiger partial charge is 0.336 e. The molecule has 19 heavy (non-hydrogen) atoms. The van der Waals surface area contributed by atoms with E-state index in [0.29, 0.717) is 5.56 Å². The molecule has 0 amide bonds. The van der Waals surface area contributed by atoms with Crippen molar-refractivity contribution in [2.45, 2.75) is 4.90 Å². The Kier molecular flexibility index (Phi) is 7.23.